The summed E-state index contributed by atoms with van der Waals surface area (Å²) in [4.78, 5) is 36.6. The third kappa shape index (κ3) is 3.00. The second-order valence-corrected chi connectivity index (χ2v) is 6.37. The van der Waals surface area contributed by atoms with Crippen molar-refractivity contribution in [2.24, 2.45) is 0 Å². The number of hydrogen-bond acceptors (Lipinski definition) is 7. The van der Waals surface area contributed by atoms with Gasteiger partial charge in [-0.3, -0.25) is 19.8 Å². The van der Waals surface area contributed by atoms with Gasteiger partial charge in [0.05, 0.1) is 17.6 Å². The molecule has 25 heavy (non-hydrogen) atoms. The summed E-state index contributed by atoms with van der Waals surface area (Å²) in [6, 6.07) is 5.22. The molecule has 2 fully saturated rings. The molecule has 0 spiro atoms. The standard InChI is InChI=1S/C17H18N2O6/c1-11-7-17(16(21)24-2)8-14(10-18(17)9-11)25-15(20)12-3-5-13(6-4-12)19(22)23/h3-6,14H,1,7-10H2,2H3/t14-,17+/m0/s1. The van der Waals surface area contributed by atoms with Crippen LogP contribution in [0.25, 0.3) is 0 Å². The van der Waals surface area contributed by atoms with E-state index in [1.807, 2.05) is 4.90 Å². The highest BCUT2D eigenvalue weighted by molar-refractivity contribution is 5.90. The minimum Gasteiger partial charge on any atom is -0.468 e. The maximum atomic E-state index is 12.3. The Morgan fingerprint density at radius 1 is 1.36 bits per heavy atom. The molecule has 8 nitrogen and oxygen atoms in total. The van der Waals surface area contributed by atoms with Crippen molar-refractivity contribution in [1.82, 2.24) is 4.90 Å². The molecule has 132 valence electrons. The minimum atomic E-state index is -0.813. The molecule has 2 aliphatic heterocycles. The Bertz CT molecular complexity index is 744. The van der Waals surface area contributed by atoms with Gasteiger partial charge in [0.15, 0.2) is 0 Å². The van der Waals surface area contributed by atoms with Crippen LogP contribution in [0.15, 0.2) is 36.4 Å². The number of carbonyl (C=O) groups excluding carboxylic acids is 2. The van der Waals surface area contributed by atoms with Crippen LogP contribution < -0.4 is 0 Å². The van der Waals surface area contributed by atoms with E-state index < -0.39 is 22.5 Å². The molecular weight excluding hydrogens is 328 g/mol. The van der Waals surface area contributed by atoms with E-state index in [1.165, 1.54) is 31.4 Å². The van der Waals surface area contributed by atoms with Gasteiger partial charge in [0.25, 0.3) is 5.69 Å². The van der Waals surface area contributed by atoms with Crippen molar-refractivity contribution < 1.29 is 24.0 Å². The van der Waals surface area contributed by atoms with Crippen LogP contribution in [-0.2, 0) is 14.3 Å². The van der Waals surface area contributed by atoms with Crippen LogP contribution in [0.1, 0.15) is 23.2 Å². The van der Waals surface area contributed by atoms with Crippen LogP contribution in [0.5, 0.6) is 0 Å². The molecule has 8 heteroatoms. The van der Waals surface area contributed by atoms with Crippen molar-refractivity contribution in [3.63, 3.8) is 0 Å². The molecule has 1 aromatic rings. The first-order valence-electron chi connectivity index (χ1n) is 7.81. The van der Waals surface area contributed by atoms with Gasteiger partial charge in [-0.05, 0) is 18.6 Å². The van der Waals surface area contributed by atoms with E-state index in [2.05, 4.69) is 6.58 Å². The monoisotopic (exact) mass is 346 g/mol. The van der Waals surface area contributed by atoms with Gasteiger partial charge in [-0.1, -0.05) is 12.2 Å². The Labute approximate surface area is 144 Å². The van der Waals surface area contributed by atoms with E-state index in [4.69, 9.17) is 9.47 Å². The van der Waals surface area contributed by atoms with Gasteiger partial charge in [0, 0.05) is 31.6 Å². The predicted molar refractivity (Wildman–Crippen MR) is 87.0 cm³/mol. The first-order chi connectivity index (χ1) is 11.9. The zero-order valence-electron chi connectivity index (χ0n) is 13.8. The number of esters is 2. The molecule has 1 aromatic carbocycles. The van der Waals surface area contributed by atoms with Gasteiger partial charge in [0.1, 0.15) is 11.6 Å². The summed E-state index contributed by atoms with van der Waals surface area (Å²) in [6.45, 7) is 4.94. The lowest BCUT2D eigenvalue weighted by Crippen LogP contribution is -2.46. The number of nitro groups is 1. The summed E-state index contributed by atoms with van der Waals surface area (Å²) in [6.07, 6.45) is 0.387. The van der Waals surface area contributed by atoms with Crippen molar-refractivity contribution in [2.75, 3.05) is 20.2 Å². The third-order valence-corrected chi connectivity index (χ3v) is 4.70. The largest absolute Gasteiger partial charge is 0.468 e. The molecule has 0 amide bonds. The van der Waals surface area contributed by atoms with Gasteiger partial charge < -0.3 is 9.47 Å². The first-order valence-corrected chi connectivity index (χ1v) is 7.81. The summed E-state index contributed by atoms with van der Waals surface area (Å²) < 4.78 is 10.4. The van der Waals surface area contributed by atoms with Crippen LogP contribution >= 0.6 is 0 Å². The number of methoxy groups -OCH3 is 1. The molecule has 0 bridgehead atoms. The van der Waals surface area contributed by atoms with Crippen molar-refractivity contribution in [2.45, 2.75) is 24.5 Å². The highest BCUT2D eigenvalue weighted by Crippen LogP contribution is 2.42. The number of non-ortho nitro benzene ring substituents is 1. The molecule has 0 saturated carbocycles. The van der Waals surface area contributed by atoms with E-state index in [-0.39, 0.29) is 17.2 Å². The molecular formula is C17H18N2O6. The summed E-state index contributed by atoms with van der Waals surface area (Å²) in [7, 11) is 1.34. The van der Waals surface area contributed by atoms with E-state index in [0.717, 1.165) is 5.57 Å². The molecule has 0 radical (unpaired) electrons. The van der Waals surface area contributed by atoms with Crippen LogP contribution in [0, 0.1) is 10.1 Å². The van der Waals surface area contributed by atoms with Crippen LogP contribution in [0.3, 0.4) is 0 Å². The van der Waals surface area contributed by atoms with E-state index in [9.17, 15) is 19.7 Å². The first kappa shape index (κ1) is 17.1. The fraction of sp³-hybridized carbons (Fsp3) is 0.412. The Kier molecular flexibility index (Phi) is 4.30. The highest BCUT2D eigenvalue weighted by atomic mass is 16.6. The number of fused-ring (bicyclic) bond motifs is 1. The Morgan fingerprint density at radius 2 is 2.04 bits per heavy atom. The average Bonchev–Trinajstić information content (AvgIpc) is 3.06. The number of benzene rings is 1. The van der Waals surface area contributed by atoms with Crippen LogP contribution in [0.2, 0.25) is 0 Å². The van der Waals surface area contributed by atoms with Gasteiger partial charge in [0.2, 0.25) is 0 Å². The molecule has 0 N–H and O–H groups in total. The lowest BCUT2D eigenvalue weighted by molar-refractivity contribution is -0.384. The molecule has 3 rings (SSSR count). The molecule has 0 unspecified atom stereocenters. The van der Waals surface area contributed by atoms with Crippen molar-refractivity contribution in [1.29, 1.82) is 0 Å². The quantitative estimate of drug-likeness (QED) is 0.354. The van der Waals surface area contributed by atoms with Crippen LogP contribution in [-0.4, -0.2) is 53.6 Å². The predicted octanol–water partition coefficient (Wildman–Crippen LogP) is 1.70. The van der Waals surface area contributed by atoms with Crippen molar-refractivity contribution in [3.8, 4) is 0 Å². The smallest absolute Gasteiger partial charge is 0.338 e. The summed E-state index contributed by atoms with van der Waals surface area (Å²) >= 11 is 0. The fourth-order valence-electron chi connectivity index (χ4n) is 3.62. The normalized spacial score (nSPS) is 25.5. The molecule has 2 saturated heterocycles. The molecule has 0 aliphatic carbocycles. The minimum absolute atomic E-state index is 0.0961. The van der Waals surface area contributed by atoms with Crippen molar-refractivity contribution in [3.05, 3.63) is 52.1 Å². The zero-order valence-corrected chi connectivity index (χ0v) is 13.8. The Balaban J connectivity index is 1.70. The Morgan fingerprint density at radius 3 is 2.64 bits per heavy atom. The number of nitrogens with zero attached hydrogens (tertiary/aromatic N) is 2. The molecule has 2 heterocycles. The second-order valence-electron chi connectivity index (χ2n) is 6.37. The third-order valence-electron chi connectivity index (χ3n) is 4.70. The van der Waals surface area contributed by atoms with Gasteiger partial charge >= 0.3 is 11.9 Å². The number of ether oxygens (including phenoxy) is 2. The maximum absolute atomic E-state index is 12.3. The number of nitro benzene ring substituents is 1. The van der Waals surface area contributed by atoms with Gasteiger partial charge in [-0.15, -0.1) is 0 Å². The zero-order chi connectivity index (χ0) is 18.2. The van der Waals surface area contributed by atoms with Gasteiger partial charge in [-0.25, -0.2) is 4.79 Å². The number of rotatable bonds is 4. The van der Waals surface area contributed by atoms with Crippen molar-refractivity contribution >= 4 is 17.6 Å². The fourth-order valence-corrected chi connectivity index (χ4v) is 3.62. The van der Waals surface area contributed by atoms with E-state index in [1.54, 1.807) is 0 Å². The topological polar surface area (TPSA) is 99.0 Å². The lowest BCUT2D eigenvalue weighted by atomic mass is 9.92. The Hall–Kier alpha value is -2.74. The molecule has 0 aromatic heterocycles. The average molecular weight is 346 g/mol. The SMILES string of the molecule is C=C1CN2C[C@@H](OC(=O)c3ccc([N+](=O)[O-])cc3)C[C@@]2(C(=O)OC)C1. The highest BCUT2D eigenvalue weighted by Gasteiger charge is 2.56. The number of carbonyl (C=O) groups is 2. The van der Waals surface area contributed by atoms with E-state index in [0.29, 0.717) is 25.9 Å². The molecule has 2 atom stereocenters. The van der Waals surface area contributed by atoms with E-state index >= 15 is 0 Å². The molecule has 2 aliphatic rings. The summed E-state index contributed by atoms with van der Waals surface area (Å²) in [5.74, 6) is -0.917. The summed E-state index contributed by atoms with van der Waals surface area (Å²) in [5, 5.41) is 10.7. The summed E-state index contributed by atoms with van der Waals surface area (Å²) in [5.41, 5.74) is 0.271. The van der Waals surface area contributed by atoms with Gasteiger partial charge in [-0.2, -0.15) is 0 Å². The maximum Gasteiger partial charge on any atom is 0.338 e. The van der Waals surface area contributed by atoms with Crippen LogP contribution in [0.4, 0.5) is 5.69 Å². The second kappa shape index (κ2) is 6.29. The number of hydrogen-bond donors (Lipinski definition) is 0. The lowest BCUT2D eigenvalue weighted by Gasteiger charge is -2.27.